The fourth-order valence-corrected chi connectivity index (χ4v) is 3.12. The largest absolute Gasteiger partial charge is 0.379 e. The van der Waals surface area contributed by atoms with Crippen LogP contribution in [0.5, 0.6) is 0 Å². The van der Waals surface area contributed by atoms with Gasteiger partial charge in [0.25, 0.3) is 0 Å². The zero-order chi connectivity index (χ0) is 14.3. The lowest BCUT2D eigenvalue weighted by molar-refractivity contribution is 0.0342. The minimum atomic E-state index is 0.878. The first-order valence-electron chi connectivity index (χ1n) is 8.21. The molecule has 21 heavy (non-hydrogen) atoms. The van der Waals surface area contributed by atoms with Crippen LogP contribution in [0.15, 0.2) is 24.3 Å². The Bertz CT molecular complexity index is 426. The first-order valence-corrected chi connectivity index (χ1v) is 8.21. The van der Waals surface area contributed by atoms with Crippen molar-refractivity contribution in [2.24, 2.45) is 0 Å². The third kappa shape index (κ3) is 4.78. The second kappa shape index (κ2) is 7.90. The van der Waals surface area contributed by atoms with Gasteiger partial charge in [-0.3, -0.25) is 4.90 Å². The van der Waals surface area contributed by atoms with Crippen LogP contribution >= 0.6 is 0 Å². The first kappa shape index (κ1) is 15.0. The van der Waals surface area contributed by atoms with Gasteiger partial charge in [-0.15, -0.1) is 0 Å². The van der Waals surface area contributed by atoms with Crippen LogP contribution in [-0.4, -0.2) is 68.8 Å². The Morgan fingerprint density at radius 1 is 0.952 bits per heavy atom. The van der Waals surface area contributed by atoms with Crippen molar-refractivity contribution in [1.29, 1.82) is 0 Å². The van der Waals surface area contributed by atoms with E-state index in [2.05, 4.69) is 39.4 Å². The zero-order valence-corrected chi connectivity index (χ0v) is 12.9. The molecule has 1 aromatic rings. The predicted octanol–water partition coefficient (Wildman–Crippen LogP) is 0.967. The van der Waals surface area contributed by atoms with E-state index in [-0.39, 0.29) is 0 Å². The van der Waals surface area contributed by atoms with E-state index in [1.807, 2.05) is 0 Å². The molecule has 0 radical (unpaired) electrons. The molecule has 4 nitrogen and oxygen atoms in total. The fourth-order valence-electron chi connectivity index (χ4n) is 3.12. The Labute approximate surface area is 128 Å². The highest BCUT2D eigenvalue weighted by atomic mass is 16.5. The minimum absolute atomic E-state index is 0.878. The highest BCUT2D eigenvalue weighted by Gasteiger charge is 2.12. The zero-order valence-electron chi connectivity index (χ0n) is 12.9. The van der Waals surface area contributed by atoms with Gasteiger partial charge in [0, 0.05) is 52.4 Å². The molecule has 0 aliphatic carbocycles. The molecule has 2 saturated heterocycles. The van der Waals surface area contributed by atoms with E-state index < -0.39 is 0 Å². The molecule has 1 aromatic carbocycles. The van der Waals surface area contributed by atoms with Gasteiger partial charge in [0.2, 0.25) is 0 Å². The van der Waals surface area contributed by atoms with Crippen molar-refractivity contribution < 1.29 is 4.74 Å². The summed E-state index contributed by atoms with van der Waals surface area (Å²) in [6, 6.07) is 9.12. The number of nitrogens with zero attached hydrogens (tertiary/aromatic N) is 2. The molecule has 0 unspecified atom stereocenters. The summed E-state index contributed by atoms with van der Waals surface area (Å²) in [5, 5.41) is 3.41. The summed E-state index contributed by atoms with van der Waals surface area (Å²) in [6.45, 7) is 10.8. The molecule has 0 amide bonds. The van der Waals surface area contributed by atoms with Crippen molar-refractivity contribution in [3.05, 3.63) is 35.4 Å². The lowest BCUT2D eigenvalue weighted by atomic mass is 10.1. The fraction of sp³-hybridized carbons (Fsp3) is 0.647. The van der Waals surface area contributed by atoms with Crippen LogP contribution in [-0.2, 0) is 17.7 Å². The second-order valence-electron chi connectivity index (χ2n) is 6.05. The molecule has 116 valence electrons. The number of nitrogens with one attached hydrogen (secondary N) is 1. The number of hydrogen-bond acceptors (Lipinski definition) is 4. The maximum absolute atomic E-state index is 5.41. The maximum Gasteiger partial charge on any atom is 0.0594 e. The van der Waals surface area contributed by atoms with Crippen molar-refractivity contribution >= 4 is 0 Å². The predicted molar refractivity (Wildman–Crippen MR) is 85.6 cm³/mol. The number of benzene rings is 1. The van der Waals surface area contributed by atoms with Crippen molar-refractivity contribution in [3.8, 4) is 0 Å². The van der Waals surface area contributed by atoms with Gasteiger partial charge in [-0.1, -0.05) is 24.3 Å². The Kier molecular flexibility index (Phi) is 5.63. The van der Waals surface area contributed by atoms with Gasteiger partial charge in [0.05, 0.1) is 13.2 Å². The molecule has 0 spiro atoms. The number of ether oxygens (including phenoxy) is 1. The van der Waals surface area contributed by atoms with E-state index in [9.17, 15) is 0 Å². The molecule has 0 bridgehead atoms. The molecule has 2 heterocycles. The average Bonchev–Trinajstić information content (AvgIpc) is 2.55. The molecule has 0 saturated carbocycles. The SMILES string of the molecule is c1cc(CCN2CCNCC2)cc(CN2CCOCC2)c1. The van der Waals surface area contributed by atoms with Crippen LogP contribution in [0.4, 0.5) is 0 Å². The molecule has 1 N–H and O–H groups in total. The number of rotatable bonds is 5. The van der Waals surface area contributed by atoms with Crippen molar-refractivity contribution in [2.45, 2.75) is 13.0 Å². The van der Waals surface area contributed by atoms with Crippen LogP contribution < -0.4 is 5.32 Å². The third-order valence-corrected chi connectivity index (χ3v) is 4.43. The summed E-state index contributed by atoms with van der Waals surface area (Å²) in [5.41, 5.74) is 2.91. The van der Waals surface area contributed by atoms with Crippen LogP contribution in [0, 0.1) is 0 Å². The van der Waals surface area contributed by atoms with Gasteiger partial charge in [0.15, 0.2) is 0 Å². The number of morpholine rings is 1. The van der Waals surface area contributed by atoms with Crippen LogP contribution in [0.25, 0.3) is 0 Å². The Hall–Kier alpha value is -0.940. The Morgan fingerprint density at radius 3 is 2.52 bits per heavy atom. The highest BCUT2D eigenvalue weighted by molar-refractivity contribution is 5.23. The first-order chi connectivity index (χ1) is 10.4. The number of piperazine rings is 1. The molecule has 0 aromatic heterocycles. The average molecular weight is 289 g/mol. The Morgan fingerprint density at radius 2 is 1.71 bits per heavy atom. The molecule has 2 aliphatic heterocycles. The summed E-state index contributed by atoms with van der Waals surface area (Å²) in [5.74, 6) is 0. The molecule has 2 aliphatic rings. The Balaban J connectivity index is 1.50. The highest BCUT2D eigenvalue weighted by Crippen LogP contribution is 2.11. The van der Waals surface area contributed by atoms with Gasteiger partial charge in [-0.05, 0) is 17.5 Å². The smallest absolute Gasteiger partial charge is 0.0594 e. The number of hydrogen-bond donors (Lipinski definition) is 1. The van der Waals surface area contributed by atoms with Gasteiger partial charge in [0.1, 0.15) is 0 Å². The standard InChI is InChI=1S/C17H27N3O/c1-2-16(4-7-19-8-5-18-6-9-19)14-17(3-1)15-20-10-12-21-13-11-20/h1-3,14,18H,4-13,15H2. The second-order valence-corrected chi connectivity index (χ2v) is 6.05. The van der Waals surface area contributed by atoms with Gasteiger partial charge < -0.3 is 15.0 Å². The summed E-state index contributed by atoms with van der Waals surface area (Å²) < 4.78 is 5.41. The van der Waals surface area contributed by atoms with Gasteiger partial charge in [-0.25, -0.2) is 0 Å². The summed E-state index contributed by atoms with van der Waals surface area (Å²) in [4.78, 5) is 5.05. The quantitative estimate of drug-likeness (QED) is 0.874. The molecular weight excluding hydrogens is 262 g/mol. The van der Waals surface area contributed by atoms with Gasteiger partial charge >= 0.3 is 0 Å². The summed E-state index contributed by atoms with van der Waals surface area (Å²) in [6.07, 6.45) is 1.16. The maximum atomic E-state index is 5.41. The van der Waals surface area contributed by atoms with E-state index in [0.29, 0.717) is 0 Å². The summed E-state index contributed by atoms with van der Waals surface area (Å²) in [7, 11) is 0. The van der Waals surface area contributed by atoms with Gasteiger partial charge in [-0.2, -0.15) is 0 Å². The van der Waals surface area contributed by atoms with E-state index in [0.717, 1.165) is 52.4 Å². The van der Waals surface area contributed by atoms with Crippen molar-refractivity contribution in [3.63, 3.8) is 0 Å². The van der Waals surface area contributed by atoms with E-state index >= 15 is 0 Å². The topological polar surface area (TPSA) is 27.7 Å². The molecule has 4 heteroatoms. The third-order valence-electron chi connectivity index (χ3n) is 4.43. The van der Waals surface area contributed by atoms with E-state index in [4.69, 9.17) is 4.74 Å². The van der Waals surface area contributed by atoms with Crippen molar-refractivity contribution in [2.75, 3.05) is 59.0 Å². The van der Waals surface area contributed by atoms with Crippen LogP contribution in [0.3, 0.4) is 0 Å². The normalized spacial score (nSPS) is 21.5. The lowest BCUT2D eigenvalue weighted by Gasteiger charge is -2.27. The van der Waals surface area contributed by atoms with Crippen molar-refractivity contribution in [1.82, 2.24) is 15.1 Å². The van der Waals surface area contributed by atoms with Crippen LogP contribution in [0.2, 0.25) is 0 Å². The molecule has 0 atom stereocenters. The van der Waals surface area contributed by atoms with E-state index in [1.165, 1.54) is 30.8 Å². The van der Waals surface area contributed by atoms with Crippen LogP contribution in [0.1, 0.15) is 11.1 Å². The molecular formula is C17H27N3O. The molecule has 3 rings (SSSR count). The monoisotopic (exact) mass is 289 g/mol. The summed E-state index contributed by atoms with van der Waals surface area (Å²) >= 11 is 0. The minimum Gasteiger partial charge on any atom is -0.379 e. The molecule has 2 fully saturated rings. The lowest BCUT2D eigenvalue weighted by Crippen LogP contribution is -2.44. The van der Waals surface area contributed by atoms with E-state index in [1.54, 1.807) is 0 Å².